The van der Waals surface area contributed by atoms with Crippen LogP contribution >= 0.6 is 0 Å². The van der Waals surface area contributed by atoms with E-state index >= 15 is 0 Å². The Morgan fingerprint density at radius 1 is 1.30 bits per heavy atom. The van der Waals surface area contributed by atoms with E-state index in [1.807, 2.05) is 11.8 Å². The van der Waals surface area contributed by atoms with E-state index in [9.17, 15) is 9.59 Å². The lowest BCUT2D eigenvalue weighted by atomic mass is 9.78. The van der Waals surface area contributed by atoms with Crippen molar-refractivity contribution in [3.8, 4) is 0 Å². The minimum atomic E-state index is -0.401. The first kappa shape index (κ1) is 19.9. The number of furan rings is 1. The van der Waals surface area contributed by atoms with Gasteiger partial charge in [-0.2, -0.15) is 0 Å². The van der Waals surface area contributed by atoms with Gasteiger partial charge in [-0.05, 0) is 58.7 Å². The zero-order valence-electron chi connectivity index (χ0n) is 16.6. The van der Waals surface area contributed by atoms with Crippen LogP contribution in [0.25, 0.3) is 0 Å². The molecule has 1 aromatic rings. The Hall–Kier alpha value is -1.86. The number of likely N-dealkylation sites (tertiary alicyclic amines) is 1. The van der Waals surface area contributed by atoms with Crippen molar-refractivity contribution < 1.29 is 18.7 Å². The molecule has 2 N–H and O–H groups in total. The molecule has 3 heterocycles. The minimum absolute atomic E-state index is 0.0857. The number of nitrogens with zero attached hydrogens (tertiary/aromatic N) is 1. The second-order valence-corrected chi connectivity index (χ2v) is 7.83. The second kappa shape index (κ2) is 8.44. The van der Waals surface area contributed by atoms with Crippen LogP contribution in [-0.4, -0.2) is 62.7 Å². The predicted molar refractivity (Wildman–Crippen MR) is 102 cm³/mol. The van der Waals surface area contributed by atoms with E-state index in [1.54, 1.807) is 20.1 Å². The van der Waals surface area contributed by atoms with Crippen molar-refractivity contribution >= 4 is 11.8 Å². The van der Waals surface area contributed by atoms with E-state index in [4.69, 9.17) is 9.15 Å². The predicted octanol–water partition coefficient (Wildman–Crippen LogP) is 1.63. The van der Waals surface area contributed by atoms with E-state index in [1.165, 1.54) is 0 Å². The molecule has 0 radical (unpaired) electrons. The largest absolute Gasteiger partial charge is 0.466 e. The van der Waals surface area contributed by atoms with E-state index in [0.717, 1.165) is 44.5 Å². The maximum absolute atomic E-state index is 13.2. The van der Waals surface area contributed by atoms with Gasteiger partial charge < -0.3 is 24.7 Å². The zero-order valence-corrected chi connectivity index (χ0v) is 16.6. The molecule has 0 unspecified atom stereocenters. The summed E-state index contributed by atoms with van der Waals surface area (Å²) < 4.78 is 10.8. The first-order valence-electron chi connectivity index (χ1n) is 9.82. The third-order valence-electron chi connectivity index (χ3n) is 5.84. The van der Waals surface area contributed by atoms with E-state index < -0.39 is 5.41 Å². The van der Waals surface area contributed by atoms with Crippen molar-refractivity contribution in [2.45, 2.75) is 45.6 Å². The van der Waals surface area contributed by atoms with Gasteiger partial charge in [0.15, 0.2) is 0 Å². The van der Waals surface area contributed by atoms with Crippen LogP contribution in [0, 0.1) is 19.3 Å². The number of carbonyl (C=O) groups is 2. The van der Waals surface area contributed by atoms with Crippen molar-refractivity contribution in [1.82, 2.24) is 15.5 Å². The number of rotatable bonds is 5. The summed E-state index contributed by atoms with van der Waals surface area (Å²) in [5.41, 5.74) is 0.196. The first-order valence-corrected chi connectivity index (χ1v) is 9.82. The highest BCUT2D eigenvalue weighted by Crippen LogP contribution is 2.32. The average molecular weight is 377 g/mol. The Balaban J connectivity index is 1.55. The number of hydrogen-bond acceptors (Lipinski definition) is 5. The van der Waals surface area contributed by atoms with Gasteiger partial charge in [0.05, 0.1) is 17.6 Å². The van der Waals surface area contributed by atoms with Crippen LogP contribution in [0.15, 0.2) is 10.5 Å². The summed E-state index contributed by atoms with van der Waals surface area (Å²) in [6.07, 6.45) is 3.17. The van der Waals surface area contributed by atoms with Crippen molar-refractivity contribution in [1.29, 1.82) is 0 Å². The average Bonchev–Trinajstić information content (AvgIpc) is 3.01. The number of hydrogen-bond donors (Lipinski definition) is 2. The highest BCUT2D eigenvalue weighted by atomic mass is 16.5. The van der Waals surface area contributed by atoms with Crippen LogP contribution in [0.3, 0.4) is 0 Å². The molecule has 7 nitrogen and oxygen atoms in total. The SMILES string of the molecule is COCC1(C(=O)N2CCC(NC(=O)c3cc(C)oc3C)CC2)CCNCC1. The highest BCUT2D eigenvalue weighted by Gasteiger charge is 2.43. The molecular formula is C20H31N3O4. The number of aryl methyl sites for hydroxylation is 2. The van der Waals surface area contributed by atoms with Crippen molar-refractivity contribution in [2.24, 2.45) is 5.41 Å². The molecular weight excluding hydrogens is 346 g/mol. The molecule has 0 saturated carbocycles. The fourth-order valence-corrected chi connectivity index (χ4v) is 4.28. The molecule has 0 bridgehead atoms. The number of nitrogens with one attached hydrogen (secondary N) is 2. The standard InChI is InChI=1S/C20H31N3O4/c1-14-12-17(15(2)27-14)18(24)22-16-4-10-23(11-5-16)19(25)20(13-26-3)6-8-21-9-7-20/h12,16,21H,4-11,13H2,1-3H3,(H,22,24). The lowest BCUT2D eigenvalue weighted by Gasteiger charge is -2.42. The fourth-order valence-electron chi connectivity index (χ4n) is 4.28. The van der Waals surface area contributed by atoms with Crippen LogP contribution < -0.4 is 10.6 Å². The maximum Gasteiger partial charge on any atom is 0.255 e. The topological polar surface area (TPSA) is 83.8 Å². The summed E-state index contributed by atoms with van der Waals surface area (Å²) in [5, 5.41) is 6.42. The van der Waals surface area contributed by atoms with Gasteiger partial charge in [0.2, 0.25) is 5.91 Å². The van der Waals surface area contributed by atoms with Crippen molar-refractivity contribution in [3.05, 3.63) is 23.2 Å². The molecule has 1 aromatic heterocycles. The van der Waals surface area contributed by atoms with E-state index in [0.29, 0.717) is 31.0 Å². The summed E-state index contributed by atoms with van der Waals surface area (Å²) in [6.45, 7) is 7.17. The zero-order chi connectivity index (χ0) is 19.4. The molecule has 3 rings (SSSR count). The quantitative estimate of drug-likeness (QED) is 0.815. The Morgan fingerprint density at radius 2 is 1.96 bits per heavy atom. The third-order valence-corrected chi connectivity index (χ3v) is 5.84. The van der Waals surface area contributed by atoms with Gasteiger partial charge >= 0.3 is 0 Å². The normalized spacial score (nSPS) is 20.5. The van der Waals surface area contributed by atoms with Crippen LogP contribution in [-0.2, 0) is 9.53 Å². The molecule has 2 saturated heterocycles. The summed E-state index contributed by atoms with van der Waals surface area (Å²) >= 11 is 0. The van der Waals surface area contributed by atoms with Gasteiger partial charge in [-0.1, -0.05) is 0 Å². The molecule has 2 amide bonds. The van der Waals surface area contributed by atoms with Gasteiger partial charge in [-0.15, -0.1) is 0 Å². The maximum atomic E-state index is 13.2. The highest BCUT2D eigenvalue weighted by molar-refractivity contribution is 5.95. The Kier molecular flexibility index (Phi) is 6.22. The van der Waals surface area contributed by atoms with Gasteiger partial charge in [0.1, 0.15) is 11.5 Å². The fraction of sp³-hybridized carbons (Fsp3) is 0.700. The molecule has 0 aliphatic carbocycles. The Bertz CT molecular complexity index is 665. The molecule has 0 atom stereocenters. The van der Waals surface area contributed by atoms with Gasteiger partial charge in [-0.25, -0.2) is 0 Å². The molecule has 2 aliphatic heterocycles. The molecule has 0 spiro atoms. The van der Waals surface area contributed by atoms with Crippen molar-refractivity contribution in [3.63, 3.8) is 0 Å². The minimum Gasteiger partial charge on any atom is -0.466 e. The van der Waals surface area contributed by atoms with Crippen LogP contribution in [0.5, 0.6) is 0 Å². The third kappa shape index (κ3) is 4.35. The Morgan fingerprint density at radius 3 is 2.52 bits per heavy atom. The summed E-state index contributed by atoms with van der Waals surface area (Å²) in [7, 11) is 1.67. The monoisotopic (exact) mass is 377 g/mol. The van der Waals surface area contributed by atoms with Crippen LogP contribution in [0.2, 0.25) is 0 Å². The molecule has 0 aromatic carbocycles. The van der Waals surface area contributed by atoms with Gasteiger partial charge in [-0.3, -0.25) is 9.59 Å². The summed E-state index contributed by atoms with van der Waals surface area (Å²) in [5.74, 6) is 1.49. The lowest BCUT2D eigenvalue weighted by molar-refractivity contribution is -0.148. The molecule has 2 fully saturated rings. The molecule has 2 aliphatic rings. The van der Waals surface area contributed by atoms with Crippen molar-refractivity contribution in [2.75, 3.05) is 39.9 Å². The lowest BCUT2D eigenvalue weighted by Crippen LogP contribution is -2.55. The first-order chi connectivity index (χ1) is 12.9. The van der Waals surface area contributed by atoms with Crippen LogP contribution in [0.4, 0.5) is 0 Å². The summed E-state index contributed by atoms with van der Waals surface area (Å²) in [4.78, 5) is 27.6. The van der Waals surface area contributed by atoms with Crippen LogP contribution in [0.1, 0.15) is 47.6 Å². The molecule has 27 heavy (non-hydrogen) atoms. The molecule has 7 heteroatoms. The number of carbonyl (C=O) groups excluding carboxylic acids is 2. The number of methoxy groups -OCH3 is 1. The Labute approximate surface area is 160 Å². The smallest absolute Gasteiger partial charge is 0.255 e. The van der Waals surface area contributed by atoms with Gasteiger partial charge in [0, 0.05) is 26.2 Å². The molecule has 150 valence electrons. The van der Waals surface area contributed by atoms with Gasteiger partial charge in [0.25, 0.3) is 5.91 Å². The van der Waals surface area contributed by atoms with E-state index in [2.05, 4.69) is 10.6 Å². The summed E-state index contributed by atoms with van der Waals surface area (Å²) in [6, 6.07) is 1.86. The number of piperidine rings is 2. The second-order valence-electron chi connectivity index (χ2n) is 7.83. The number of amides is 2. The van der Waals surface area contributed by atoms with E-state index in [-0.39, 0.29) is 17.9 Å². The number of ether oxygens (including phenoxy) is 1.